The number of carboxylic acid groups (broad SMARTS) is 4. The molecule has 0 saturated heterocycles. The molecule has 0 radical (unpaired) electrons. The number of carbonyl (C=O) groups is 4. The van der Waals surface area contributed by atoms with Crippen LogP contribution in [0.3, 0.4) is 0 Å². The molecule has 0 saturated carbocycles. The number of rotatable bonds is 10. The maximum Gasteiger partial charge on any atom is 0.321 e. The number of nitrogens with one attached hydrogen (secondary N) is 1. The highest BCUT2D eigenvalue weighted by Gasteiger charge is 2.14. The number of aromatic nitrogens is 2. The highest BCUT2D eigenvalue weighted by molar-refractivity contribution is 7.98. The first-order valence-corrected chi connectivity index (χ1v) is 9.45. The number of carboxylic acids is 4. The molecule has 0 aliphatic rings. The van der Waals surface area contributed by atoms with E-state index in [0.717, 1.165) is 5.75 Å². The molecular formula is C15H27N5O8S. The van der Waals surface area contributed by atoms with Crippen molar-refractivity contribution in [2.75, 3.05) is 12.0 Å². The first kappa shape index (κ1) is 28.5. The molecule has 3 atom stereocenters. The molecule has 0 aromatic carbocycles. The summed E-state index contributed by atoms with van der Waals surface area (Å²) in [6.45, 7) is 0. The van der Waals surface area contributed by atoms with E-state index in [4.69, 9.17) is 37.6 Å². The van der Waals surface area contributed by atoms with Gasteiger partial charge in [0.25, 0.3) is 0 Å². The summed E-state index contributed by atoms with van der Waals surface area (Å²) in [4.78, 5) is 46.5. The third kappa shape index (κ3) is 17.2. The van der Waals surface area contributed by atoms with Gasteiger partial charge in [-0.05, 0) is 18.4 Å². The van der Waals surface area contributed by atoms with Crippen LogP contribution in [0.1, 0.15) is 18.5 Å². The molecule has 13 nitrogen and oxygen atoms in total. The van der Waals surface area contributed by atoms with Gasteiger partial charge in [0.2, 0.25) is 0 Å². The zero-order valence-corrected chi connectivity index (χ0v) is 16.5. The molecule has 11 N–H and O–H groups in total. The summed E-state index contributed by atoms with van der Waals surface area (Å²) in [6.07, 6.45) is 5.33. The molecule has 3 unspecified atom stereocenters. The Labute approximate surface area is 170 Å². The van der Waals surface area contributed by atoms with E-state index in [0.29, 0.717) is 12.1 Å². The van der Waals surface area contributed by atoms with Crippen molar-refractivity contribution in [3.05, 3.63) is 18.2 Å². The van der Waals surface area contributed by atoms with Crippen molar-refractivity contribution < 1.29 is 39.6 Å². The lowest BCUT2D eigenvalue weighted by atomic mass is 10.2. The number of nitrogens with zero attached hydrogens (tertiary/aromatic N) is 1. The minimum atomic E-state index is -1.29. The van der Waals surface area contributed by atoms with Gasteiger partial charge in [-0.1, -0.05) is 0 Å². The van der Waals surface area contributed by atoms with Crippen LogP contribution in [-0.4, -0.2) is 84.4 Å². The van der Waals surface area contributed by atoms with Crippen LogP contribution in [-0.2, 0) is 25.6 Å². The summed E-state index contributed by atoms with van der Waals surface area (Å²) >= 11 is 1.60. The van der Waals surface area contributed by atoms with Gasteiger partial charge in [0.15, 0.2) is 0 Å². The second-order valence-electron chi connectivity index (χ2n) is 5.48. The lowest BCUT2D eigenvalue weighted by molar-refractivity contribution is -0.144. The maximum absolute atomic E-state index is 10.3. The highest BCUT2D eigenvalue weighted by Crippen LogP contribution is 1.98. The van der Waals surface area contributed by atoms with Crippen LogP contribution in [0.25, 0.3) is 0 Å². The summed E-state index contributed by atoms with van der Waals surface area (Å²) in [5, 5.41) is 32.7. The van der Waals surface area contributed by atoms with Crippen molar-refractivity contribution in [1.29, 1.82) is 0 Å². The molecular weight excluding hydrogens is 410 g/mol. The normalized spacial score (nSPS) is 12.8. The Kier molecular flexibility index (Phi) is 16.0. The summed E-state index contributed by atoms with van der Waals surface area (Å²) in [5.41, 5.74) is 15.9. The number of nitrogens with two attached hydrogens (primary N) is 3. The SMILES string of the molecule is CSCCC(N)C(=O)O.NC(CC(=O)O)C(=O)O.NC(Cc1c[nH]cn1)C(=O)O. The Morgan fingerprint density at radius 3 is 1.83 bits per heavy atom. The average Bonchev–Trinajstić information content (AvgIpc) is 3.12. The Morgan fingerprint density at radius 1 is 1.00 bits per heavy atom. The largest absolute Gasteiger partial charge is 0.481 e. The molecule has 1 aromatic rings. The van der Waals surface area contributed by atoms with Crippen LogP contribution in [0.15, 0.2) is 12.5 Å². The van der Waals surface area contributed by atoms with Crippen LogP contribution < -0.4 is 17.2 Å². The van der Waals surface area contributed by atoms with E-state index in [2.05, 4.69) is 9.97 Å². The Balaban J connectivity index is 0. The zero-order valence-electron chi connectivity index (χ0n) is 15.7. The molecule has 0 spiro atoms. The number of hydrogen-bond donors (Lipinski definition) is 8. The van der Waals surface area contributed by atoms with Gasteiger partial charge >= 0.3 is 23.9 Å². The number of aliphatic carboxylic acids is 4. The van der Waals surface area contributed by atoms with Gasteiger partial charge in [-0.25, -0.2) is 4.98 Å². The van der Waals surface area contributed by atoms with Gasteiger partial charge < -0.3 is 42.6 Å². The number of thioether (sulfide) groups is 1. The minimum Gasteiger partial charge on any atom is -0.481 e. The highest BCUT2D eigenvalue weighted by atomic mass is 32.2. The lowest BCUT2D eigenvalue weighted by Crippen LogP contribution is -2.32. The van der Waals surface area contributed by atoms with Gasteiger partial charge in [-0.2, -0.15) is 11.8 Å². The van der Waals surface area contributed by atoms with Crippen molar-refractivity contribution in [2.24, 2.45) is 17.2 Å². The predicted octanol–water partition coefficient (Wildman–Crippen LogP) is -1.61. The van der Waals surface area contributed by atoms with E-state index in [1.54, 1.807) is 18.0 Å². The van der Waals surface area contributed by atoms with E-state index in [9.17, 15) is 19.2 Å². The fourth-order valence-electron chi connectivity index (χ4n) is 1.36. The van der Waals surface area contributed by atoms with E-state index >= 15 is 0 Å². The number of H-pyrrole nitrogens is 1. The van der Waals surface area contributed by atoms with Crippen molar-refractivity contribution in [3.63, 3.8) is 0 Å². The quantitative estimate of drug-likeness (QED) is 0.205. The third-order valence-electron chi connectivity index (χ3n) is 2.96. The summed E-state index contributed by atoms with van der Waals surface area (Å²) < 4.78 is 0. The van der Waals surface area contributed by atoms with E-state index < -0.39 is 48.4 Å². The molecule has 0 aliphatic carbocycles. The second-order valence-corrected chi connectivity index (χ2v) is 6.46. The minimum absolute atomic E-state index is 0.263. The number of aromatic amines is 1. The monoisotopic (exact) mass is 437 g/mol. The van der Waals surface area contributed by atoms with Gasteiger partial charge in [0.1, 0.15) is 18.1 Å². The van der Waals surface area contributed by atoms with Gasteiger partial charge in [0.05, 0.1) is 18.4 Å². The van der Waals surface area contributed by atoms with E-state index in [1.165, 1.54) is 6.33 Å². The Hall–Kier alpha value is -2.68. The van der Waals surface area contributed by atoms with Gasteiger partial charge in [-0.15, -0.1) is 0 Å². The molecule has 0 amide bonds. The third-order valence-corrected chi connectivity index (χ3v) is 3.61. The smallest absolute Gasteiger partial charge is 0.321 e. The Bertz CT molecular complexity index is 628. The van der Waals surface area contributed by atoms with Crippen molar-refractivity contribution >= 4 is 35.6 Å². The van der Waals surface area contributed by atoms with Gasteiger partial charge in [0, 0.05) is 12.6 Å². The molecule has 0 aliphatic heterocycles. The fourth-order valence-corrected chi connectivity index (χ4v) is 1.85. The molecule has 14 heteroatoms. The molecule has 0 fully saturated rings. The van der Waals surface area contributed by atoms with E-state index in [-0.39, 0.29) is 6.42 Å². The standard InChI is InChI=1S/C6H9N3O2.C5H11NO2S.C4H7NO4/c7-5(6(10)11)1-4-2-8-3-9-4;1-9-3-2-4(6)5(7)8;5-2(4(8)9)1-3(6)7/h2-3,5H,1,7H2,(H,8,9)(H,10,11);4H,2-3,6H2,1H3,(H,7,8);2H,1,5H2,(H,6,7)(H,8,9). The number of imidazole rings is 1. The topological polar surface area (TPSA) is 256 Å². The molecule has 1 aromatic heterocycles. The van der Waals surface area contributed by atoms with Gasteiger partial charge in [-0.3, -0.25) is 19.2 Å². The first-order valence-electron chi connectivity index (χ1n) is 8.05. The van der Waals surface area contributed by atoms with Crippen LogP contribution in [0, 0.1) is 0 Å². The first-order chi connectivity index (χ1) is 13.4. The van der Waals surface area contributed by atoms with Crippen LogP contribution in [0.4, 0.5) is 0 Å². The number of hydrogen-bond acceptors (Lipinski definition) is 9. The maximum atomic E-state index is 10.3. The molecule has 1 heterocycles. The summed E-state index contributed by atoms with van der Waals surface area (Å²) in [7, 11) is 0. The predicted molar refractivity (Wildman–Crippen MR) is 104 cm³/mol. The molecule has 29 heavy (non-hydrogen) atoms. The fraction of sp³-hybridized carbons (Fsp3) is 0.533. The Morgan fingerprint density at radius 2 is 1.52 bits per heavy atom. The summed E-state index contributed by atoms with van der Waals surface area (Å²) in [5.74, 6) is -3.60. The molecule has 1 rings (SSSR count). The van der Waals surface area contributed by atoms with Crippen molar-refractivity contribution in [1.82, 2.24) is 9.97 Å². The van der Waals surface area contributed by atoms with Crippen molar-refractivity contribution in [3.8, 4) is 0 Å². The van der Waals surface area contributed by atoms with Crippen molar-refractivity contribution in [2.45, 2.75) is 37.4 Å². The zero-order chi connectivity index (χ0) is 23.0. The second kappa shape index (κ2) is 16.3. The molecule has 166 valence electrons. The van der Waals surface area contributed by atoms with Crippen LogP contribution in [0.5, 0.6) is 0 Å². The molecule has 0 bridgehead atoms. The van der Waals surface area contributed by atoms with Crippen LogP contribution >= 0.6 is 11.8 Å². The van der Waals surface area contributed by atoms with Crippen LogP contribution in [0.2, 0.25) is 0 Å². The average molecular weight is 437 g/mol. The van der Waals surface area contributed by atoms with E-state index in [1.807, 2.05) is 6.26 Å². The lowest BCUT2D eigenvalue weighted by Gasteiger charge is -2.02. The summed E-state index contributed by atoms with van der Waals surface area (Å²) in [6, 6.07) is -2.83.